The Labute approximate surface area is 153 Å². The second kappa shape index (κ2) is 6.64. The molecule has 0 saturated carbocycles. The van der Waals surface area contributed by atoms with E-state index in [1.54, 1.807) is 31.2 Å². The van der Waals surface area contributed by atoms with E-state index in [1.165, 1.54) is 10.5 Å². The molecular formula is C21H21N3O2. The predicted molar refractivity (Wildman–Crippen MR) is 98.1 cm³/mol. The van der Waals surface area contributed by atoms with Crippen LogP contribution in [-0.2, 0) is 16.9 Å². The van der Waals surface area contributed by atoms with Gasteiger partial charge < -0.3 is 5.32 Å². The third-order valence-corrected chi connectivity index (χ3v) is 4.83. The summed E-state index contributed by atoms with van der Waals surface area (Å²) in [5.74, 6) is 0.108. The van der Waals surface area contributed by atoms with Crippen molar-refractivity contribution in [2.24, 2.45) is 0 Å². The summed E-state index contributed by atoms with van der Waals surface area (Å²) >= 11 is 0. The van der Waals surface area contributed by atoms with Crippen LogP contribution < -0.4 is 5.32 Å². The fourth-order valence-corrected chi connectivity index (χ4v) is 3.16. The first kappa shape index (κ1) is 17.7. The number of rotatable bonds is 4. The largest absolute Gasteiger partial charge is 0.325 e. The molecule has 1 heterocycles. The Kier molecular flexibility index (Phi) is 4.52. The van der Waals surface area contributed by atoms with E-state index in [-0.39, 0.29) is 12.5 Å². The lowest BCUT2D eigenvalue weighted by Crippen LogP contribution is -2.40. The van der Waals surface area contributed by atoms with Crippen LogP contribution in [0.25, 0.3) is 0 Å². The van der Waals surface area contributed by atoms with Gasteiger partial charge in [0.25, 0.3) is 5.91 Å². The van der Waals surface area contributed by atoms with Crippen LogP contribution in [-0.4, -0.2) is 16.8 Å². The van der Waals surface area contributed by atoms with Gasteiger partial charge in [0.15, 0.2) is 0 Å². The zero-order valence-corrected chi connectivity index (χ0v) is 15.1. The predicted octanol–water partition coefficient (Wildman–Crippen LogP) is 3.65. The molecule has 3 amide bonds. The van der Waals surface area contributed by atoms with Crippen LogP contribution in [0.1, 0.15) is 48.9 Å². The molecule has 5 nitrogen and oxygen atoms in total. The molecule has 1 fully saturated rings. The average molecular weight is 347 g/mol. The van der Waals surface area contributed by atoms with Crippen molar-refractivity contribution >= 4 is 11.9 Å². The van der Waals surface area contributed by atoms with Crippen LogP contribution in [0.5, 0.6) is 0 Å². The maximum atomic E-state index is 13.0. The number of nitrogens with zero attached hydrogens (tertiary/aromatic N) is 2. The number of imide groups is 1. The van der Waals surface area contributed by atoms with Crippen LogP contribution in [0.3, 0.4) is 0 Å². The fourth-order valence-electron chi connectivity index (χ4n) is 3.16. The quantitative estimate of drug-likeness (QED) is 0.858. The Bertz CT molecular complexity index is 896. The molecular weight excluding hydrogens is 326 g/mol. The number of nitriles is 1. The maximum Gasteiger partial charge on any atom is 0.325 e. The molecule has 2 aromatic rings. The molecule has 0 unspecified atom stereocenters. The van der Waals surface area contributed by atoms with Crippen LogP contribution in [0.4, 0.5) is 4.79 Å². The van der Waals surface area contributed by atoms with Crippen molar-refractivity contribution in [3.8, 4) is 6.07 Å². The highest BCUT2D eigenvalue weighted by molar-refractivity contribution is 6.07. The van der Waals surface area contributed by atoms with Gasteiger partial charge in [-0.05, 0) is 41.7 Å². The van der Waals surface area contributed by atoms with Gasteiger partial charge in [0, 0.05) is 0 Å². The van der Waals surface area contributed by atoms with E-state index < -0.39 is 11.6 Å². The molecule has 0 radical (unpaired) electrons. The molecule has 26 heavy (non-hydrogen) atoms. The molecule has 1 saturated heterocycles. The minimum atomic E-state index is -1.08. The van der Waals surface area contributed by atoms with E-state index in [0.717, 1.165) is 11.1 Å². The topological polar surface area (TPSA) is 73.2 Å². The second-order valence-electron chi connectivity index (χ2n) is 7.04. The zero-order chi connectivity index (χ0) is 18.9. The second-order valence-corrected chi connectivity index (χ2v) is 7.04. The lowest BCUT2D eigenvalue weighted by Gasteiger charge is -2.23. The normalized spacial score (nSPS) is 19.6. The van der Waals surface area contributed by atoms with Gasteiger partial charge in [-0.2, -0.15) is 5.26 Å². The first-order valence-corrected chi connectivity index (χ1v) is 8.58. The lowest BCUT2D eigenvalue weighted by molar-refractivity contribution is -0.131. The third-order valence-electron chi connectivity index (χ3n) is 4.83. The zero-order valence-electron chi connectivity index (χ0n) is 15.1. The highest BCUT2D eigenvalue weighted by atomic mass is 16.2. The van der Waals surface area contributed by atoms with Crippen molar-refractivity contribution in [2.45, 2.75) is 38.8 Å². The van der Waals surface area contributed by atoms with Crippen LogP contribution in [0, 0.1) is 11.3 Å². The van der Waals surface area contributed by atoms with Crippen LogP contribution >= 0.6 is 0 Å². The number of hydrogen-bond acceptors (Lipinski definition) is 3. The van der Waals surface area contributed by atoms with Gasteiger partial charge in [0.1, 0.15) is 5.54 Å². The van der Waals surface area contributed by atoms with E-state index in [4.69, 9.17) is 5.26 Å². The molecule has 132 valence electrons. The number of urea groups is 1. The number of benzene rings is 2. The van der Waals surface area contributed by atoms with E-state index in [2.05, 4.69) is 25.2 Å². The van der Waals surface area contributed by atoms with E-state index in [0.29, 0.717) is 11.5 Å². The van der Waals surface area contributed by atoms with Gasteiger partial charge >= 0.3 is 6.03 Å². The van der Waals surface area contributed by atoms with Crippen molar-refractivity contribution in [2.75, 3.05) is 0 Å². The fraction of sp³-hybridized carbons (Fsp3) is 0.286. The van der Waals surface area contributed by atoms with Crippen molar-refractivity contribution in [1.82, 2.24) is 10.2 Å². The Morgan fingerprint density at radius 3 is 2.46 bits per heavy atom. The minimum absolute atomic E-state index is 0.139. The Balaban J connectivity index is 1.86. The average Bonchev–Trinajstić information content (AvgIpc) is 2.86. The molecule has 5 heteroatoms. The monoisotopic (exact) mass is 347 g/mol. The highest BCUT2D eigenvalue weighted by Crippen LogP contribution is 2.30. The van der Waals surface area contributed by atoms with Gasteiger partial charge in [-0.1, -0.05) is 50.2 Å². The Morgan fingerprint density at radius 1 is 1.15 bits per heavy atom. The Hall–Kier alpha value is -3.13. The molecule has 1 aliphatic rings. The SMILES string of the molecule is CC(C)c1ccc([C@]2(C)NC(=O)N(Cc3cccc(C#N)c3)C2=O)cc1. The summed E-state index contributed by atoms with van der Waals surface area (Å²) in [6.07, 6.45) is 0. The van der Waals surface area contributed by atoms with Crippen molar-refractivity contribution in [3.05, 3.63) is 70.8 Å². The lowest BCUT2D eigenvalue weighted by atomic mass is 9.90. The summed E-state index contributed by atoms with van der Waals surface area (Å²) in [6, 6.07) is 16.3. The Morgan fingerprint density at radius 2 is 1.85 bits per heavy atom. The first-order valence-electron chi connectivity index (χ1n) is 8.58. The summed E-state index contributed by atoms with van der Waals surface area (Å²) in [5.41, 5.74) is 2.10. The molecule has 1 aliphatic heterocycles. The van der Waals surface area contributed by atoms with E-state index in [9.17, 15) is 9.59 Å². The van der Waals surface area contributed by atoms with Crippen molar-refractivity contribution in [3.63, 3.8) is 0 Å². The van der Waals surface area contributed by atoms with E-state index >= 15 is 0 Å². The molecule has 0 bridgehead atoms. The first-order chi connectivity index (χ1) is 12.3. The number of nitrogens with one attached hydrogen (secondary N) is 1. The molecule has 0 spiro atoms. The molecule has 1 N–H and O–H groups in total. The number of amides is 3. The van der Waals surface area contributed by atoms with Crippen molar-refractivity contribution in [1.29, 1.82) is 5.26 Å². The molecule has 2 aromatic carbocycles. The summed E-state index contributed by atoms with van der Waals surface area (Å²) in [5, 5.41) is 11.8. The van der Waals surface area contributed by atoms with Gasteiger partial charge in [0.05, 0.1) is 18.2 Å². The van der Waals surface area contributed by atoms with E-state index in [1.807, 2.05) is 24.3 Å². The highest BCUT2D eigenvalue weighted by Gasteiger charge is 2.48. The number of hydrogen-bond donors (Lipinski definition) is 1. The van der Waals surface area contributed by atoms with Crippen LogP contribution in [0.15, 0.2) is 48.5 Å². The summed E-state index contributed by atoms with van der Waals surface area (Å²) in [4.78, 5) is 26.6. The molecule has 0 aliphatic carbocycles. The third kappa shape index (κ3) is 3.06. The molecule has 3 rings (SSSR count). The minimum Gasteiger partial charge on any atom is -0.319 e. The standard InChI is InChI=1S/C21H21N3O2/c1-14(2)17-7-9-18(10-8-17)21(3)19(25)24(20(26)23-21)13-16-6-4-5-15(11-16)12-22/h4-11,14H,13H2,1-3H3,(H,23,26)/t21-/m0/s1. The summed E-state index contributed by atoms with van der Waals surface area (Å²) < 4.78 is 0. The summed E-state index contributed by atoms with van der Waals surface area (Å²) in [6.45, 7) is 6.08. The van der Waals surface area contributed by atoms with Gasteiger partial charge in [-0.3, -0.25) is 9.69 Å². The maximum absolute atomic E-state index is 13.0. The van der Waals surface area contributed by atoms with Crippen LogP contribution in [0.2, 0.25) is 0 Å². The number of carbonyl (C=O) groups excluding carboxylic acids is 2. The van der Waals surface area contributed by atoms with Crippen molar-refractivity contribution < 1.29 is 9.59 Å². The van der Waals surface area contributed by atoms with Gasteiger partial charge in [-0.25, -0.2) is 4.79 Å². The number of carbonyl (C=O) groups is 2. The smallest absolute Gasteiger partial charge is 0.319 e. The molecule has 1 atom stereocenters. The molecule has 0 aromatic heterocycles. The summed E-state index contributed by atoms with van der Waals surface area (Å²) in [7, 11) is 0. The van der Waals surface area contributed by atoms with Gasteiger partial charge in [-0.15, -0.1) is 0 Å². The van der Waals surface area contributed by atoms with Gasteiger partial charge in [0.2, 0.25) is 0 Å².